The molecule has 7 nitrogen and oxygen atoms in total. The van der Waals surface area contributed by atoms with Crippen molar-refractivity contribution < 1.29 is 4.74 Å². The number of imidazole rings is 1. The smallest absolute Gasteiger partial charge is 0.332 e. The average molecular weight is 264 g/mol. The first-order chi connectivity index (χ1) is 8.99. The van der Waals surface area contributed by atoms with Crippen molar-refractivity contribution in [3.05, 3.63) is 33.0 Å². The van der Waals surface area contributed by atoms with Crippen LogP contribution >= 0.6 is 0 Å². The molecule has 0 saturated heterocycles. The van der Waals surface area contributed by atoms with Crippen LogP contribution in [0.5, 0.6) is 6.01 Å². The van der Waals surface area contributed by atoms with E-state index in [9.17, 15) is 9.59 Å². The zero-order chi connectivity index (χ0) is 14.2. The number of fused-ring (bicyclic) bond motifs is 1. The van der Waals surface area contributed by atoms with Gasteiger partial charge in [-0.15, -0.1) is 0 Å². The van der Waals surface area contributed by atoms with E-state index < -0.39 is 5.69 Å². The largest absolute Gasteiger partial charge is 0.460 e. The van der Waals surface area contributed by atoms with Crippen LogP contribution in [0.3, 0.4) is 0 Å². The lowest BCUT2D eigenvalue weighted by molar-refractivity contribution is 0.323. The normalized spacial score (nSPS) is 11.6. The van der Waals surface area contributed by atoms with Gasteiger partial charge < -0.3 is 4.74 Å². The summed E-state index contributed by atoms with van der Waals surface area (Å²) in [5, 5.41) is 0. The first-order valence-electron chi connectivity index (χ1n) is 5.85. The summed E-state index contributed by atoms with van der Waals surface area (Å²) in [6.45, 7) is 2.25. The van der Waals surface area contributed by atoms with Crippen molar-refractivity contribution in [3.8, 4) is 6.01 Å². The molecule has 0 fully saturated rings. The van der Waals surface area contributed by atoms with Crippen LogP contribution in [0.1, 0.15) is 6.92 Å². The Hall–Kier alpha value is -2.31. The van der Waals surface area contributed by atoms with Crippen LogP contribution in [0.15, 0.2) is 21.7 Å². The molecule has 0 saturated carbocycles. The summed E-state index contributed by atoms with van der Waals surface area (Å²) in [5.41, 5.74) is -0.115. The Bertz CT molecular complexity index is 764. The van der Waals surface area contributed by atoms with Gasteiger partial charge in [-0.25, -0.2) is 4.79 Å². The van der Waals surface area contributed by atoms with Crippen LogP contribution in [0.4, 0.5) is 0 Å². The molecule has 2 aromatic rings. The highest BCUT2D eigenvalue weighted by atomic mass is 16.5. The number of hydrogen-bond donors (Lipinski definition) is 0. The third-order valence-corrected chi connectivity index (χ3v) is 2.98. The van der Waals surface area contributed by atoms with Crippen LogP contribution in [-0.4, -0.2) is 25.3 Å². The van der Waals surface area contributed by atoms with Crippen molar-refractivity contribution in [3.63, 3.8) is 0 Å². The minimum atomic E-state index is -0.407. The zero-order valence-corrected chi connectivity index (χ0v) is 11.4. The predicted molar refractivity (Wildman–Crippen MR) is 71.5 cm³/mol. The molecule has 0 radical (unpaired) electrons. The lowest BCUT2D eigenvalue weighted by Crippen LogP contribution is -2.37. The molecule has 0 N–H and O–H groups in total. The van der Waals surface area contributed by atoms with Crippen molar-refractivity contribution in [1.82, 2.24) is 18.7 Å². The fraction of sp³-hybridized carbons (Fsp3) is 0.417. The highest BCUT2D eigenvalue weighted by Gasteiger charge is 2.17. The number of rotatable bonds is 3. The second-order valence-corrected chi connectivity index (χ2v) is 4.21. The molecular weight excluding hydrogens is 248 g/mol. The lowest BCUT2D eigenvalue weighted by Gasteiger charge is -2.03. The number of nitrogens with zero attached hydrogens (tertiary/aromatic N) is 4. The zero-order valence-electron chi connectivity index (χ0n) is 11.4. The van der Waals surface area contributed by atoms with E-state index in [2.05, 4.69) is 4.98 Å². The summed E-state index contributed by atoms with van der Waals surface area (Å²) in [4.78, 5) is 28.1. The van der Waals surface area contributed by atoms with Crippen molar-refractivity contribution in [1.29, 1.82) is 0 Å². The molecule has 2 aromatic heterocycles. The molecule has 2 rings (SSSR count). The second kappa shape index (κ2) is 4.75. The Kier molecular flexibility index (Phi) is 3.28. The molecule has 7 heteroatoms. The van der Waals surface area contributed by atoms with Gasteiger partial charge in [-0.3, -0.25) is 18.5 Å². The molecule has 2 heterocycles. The molecule has 0 unspecified atom stereocenters. The predicted octanol–water partition coefficient (Wildman–Crippen LogP) is -0.0744. The molecule has 0 aliphatic heterocycles. The Morgan fingerprint density at radius 3 is 2.47 bits per heavy atom. The highest BCUT2D eigenvalue weighted by Crippen LogP contribution is 2.15. The van der Waals surface area contributed by atoms with E-state index >= 15 is 0 Å². The molecule has 0 spiro atoms. The molecule has 0 amide bonds. The maximum Gasteiger partial charge on any atom is 0.332 e. The number of ether oxygens (including phenoxy) is 1. The fourth-order valence-corrected chi connectivity index (χ4v) is 1.85. The van der Waals surface area contributed by atoms with Crippen LogP contribution in [0.25, 0.3) is 11.2 Å². The SMILES string of the molecule is C/C=C\COc1nc2c(c(=O)n(C)c(=O)n2C)n1C. The minimum Gasteiger partial charge on any atom is -0.460 e. The van der Waals surface area contributed by atoms with Gasteiger partial charge in [-0.1, -0.05) is 12.2 Å². The van der Waals surface area contributed by atoms with Gasteiger partial charge in [-0.2, -0.15) is 4.98 Å². The van der Waals surface area contributed by atoms with Gasteiger partial charge in [-0.05, 0) is 6.92 Å². The molecular formula is C12H16N4O3. The molecule has 0 aromatic carbocycles. The van der Waals surface area contributed by atoms with E-state index in [0.29, 0.717) is 23.8 Å². The van der Waals surface area contributed by atoms with Crippen molar-refractivity contribution in [2.45, 2.75) is 6.92 Å². The molecule has 19 heavy (non-hydrogen) atoms. The third kappa shape index (κ3) is 1.96. The van der Waals surface area contributed by atoms with E-state index in [0.717, 1.165) is 4.57 Å². The minimum absolute atomic E-state index is 0.311. The second-order valence-electron chi connectivity index (χ2n) is 4.21. The van der Waals surface area contributed by atoms with E-state index in [-0.39, 0.29) is 5.56 Å². The fourth-order valence-electron chi connectivity index (χ4n) is 1.85. The van der Waals surface area contributed by atoms with Crippen molar-refractivity contribution in [2.75, 3.05) is 6.61 Å². The van der Waals surface area contributed by atoms with Gasteiger partial charge in [0, 0.05) is 21.1 Å². The van der Waals surface area contributed by atoms with Crippen molar-refractivity contribution in [2.24, 2.45) is 21.1 Å². The molecule has 0 aliphatic carbocycles. The Morgan fingerprint density at radius 2 is 1.84 bits per heavy atom. The third-order valence-electron chi connectivity index (χ3n) is 2.98. The topological polar surface area (TPSA) is 71.1 Å². The summed E-state index contributed by atoms with van der Waals surface area (Å²) in [6, 6.07) is 0.311. The summed E-state index contributed by atoms with van der Waals surface area (Å²) in [7, 11) is 4.70. The van der Waals surface area contributed by atoms with Crippen LogP contribution < -0.4 is 16.0 Å². The molecule has 0 aliphatic rings. The highest BCUT2D eigenvalue weighted by molar-refractivity contribution is 5.71. The van der Waals surface area contributed by atoms with Crippen molar-refractivity contribution >= 4 is 11.2 Å². The maximum atomic E-state index is 12.1. The number of hydrogen-bond acceptors (Lipinski definition) is 4. The van der Waals surface area contributed by atoms with E-state index in [4.69, 9.17) is 4.74 Å². The van der Waals surface area contributed by atoms with Crippen LogP contribution in [0, 0.1) is 0 Å². The van der Waals surface area contributed by atoms with Crippen LogP contribution in [0.2, 0.25) is 0 Å². The molecule has 0 atom stereocenters. The van der Waals surface area contributed by atoms with Gasteiger partial charge in [0.15, 0.2) is 11.2 Å². The first-order valence-corrected chi connectivity index (χ1v) is 5.85. The van der Waals surface area contributed by atoms with E-state index in [1.165, 1.54) is 11.6 Å². The van der Waals surface area contributed by atoms with Gasteiger partial charge in [0.05, 0.1) is 0 Å². The maximum absolute atomic E-state index is 12.1. The lowest BCUT2D eigenvalue weighted by atomic mass is 10.5. The molecule has 102 valence electrons. The summed E-state index contributed by atoms with van der Waals surface area (Å²) in [6.07, 6.45) is 3.69. The first kappa shape index (κ1) is 13.1. The summed E-state index contributed by atoms with van der Waals surface area (Å²) >= 11 is 0. The average Bonchev–Trinajstić information content (AvgIpc) is 2.72. The van der Waals surface area contributed by atoms with Crippen LogP contribution in [-0.2, 0) is 21.1 Å². The number of allylic oxidation sites excluding steroid dienone is 1. The summed E-state index contributed by atoms with van der Waals surface area (Å²) < 4.78 is 9.40. The van der Waals surface area contributed by atoms with Gasteiger partial charge in [0.2, 0.25) is 0 Å². The standard InChI is InChI=1S/C12H16N4O3/c1-5-6-7-19-11-13-9-8(14(11)2)10(17)16(4)12(18)15(9)3/h5-6H,7H2,1-4H3/b6-5-. The van der Waals surface area contributed by atoms with E-state index in [1.54, 1.807) is 18.7 Å². The van der Waals surface area contributed by atoms with E-state index in [1.807, 2.05) is 19.1 Å². The number of aryl methyl sites for hydroxylation is 2. The quantitative estimate of drug-likeness (QED) is 0.727. The Labute approximate surface area is 109 Å². The Morgan fingerprint density at radius 1 is 1.16 bits per heavy atom. The van der Waals surface area contributed by atoms with Gasteiger partial charge >= 0.3 is 5.69 Å². The number of aromatic nitrogens is 4. The summed E-state index contributed by atoms with van der Waals surface area (Å²) in [5.74, 6) is 0. The monoisotopic (exact) mass is 264 g/mol. The van der Waals surface area contributed by atoms with Gasteiger partial charge in [0.1, 0.15) is 6.61 Å². The molecule has 0 bridgehead atoms. The Balaban J connectivity index is 2.70. The van der Waals surface area contributed by atoms with Gasteiger partial charge in [0.25, 0.3) is 11.6 Å².